The van der Waals surface area contributed by atoms with Crippen molar-refractivity contribution in [1.29, 1.82) is 0 Å². The fraction of sp³-hybridized carbons (Fsp3) is 0.0714. The maximum absolute atomic E-state index is 11.8. The summed E-state index contributed by atoms with van der Waals surface area (Å²) in [4.78, 5) is 11.8. The summed E-state index contributed by atoms with van der Waals surface area (Å²) in [6.45, 7) is 0.0492. The molecule has 19 heavy (non-hydrogen) atoms. The quantitative estimate of drug-likeness (QED) is 0.514. The molecule has 0 bridgehead atoms. The van der Waals surface area contributed by atoms with Crippen LogP contribution in [-0.4, -0.2) is 11.1 Å². The Morgan fingerprint density at radius 1 is 1.26 bits per heavy atom. The molecule has 98 valence electrons. The number of halogens is 1. The van der Waals surface area contributed by atoms with E-state index in [2.05, 4.69) is 0 Å². The molecular weight excluding hydrogens is 266 g/mol. The van der Waals surface area contributed by atoms with Crippen LogP contribution in [0.4, 0.5) is 5.69 Å². The normalized spacial score (nSPS) is 10.2. The van der Waals surface area contributed by atoms with E-state index in [0.29, 0.717) is 10.6 Å². The minimum absolute atomic E-state index is 0.0427. The Morgan fingerprint density at radius 3 is 2.74 bits per heavy atom. The van der Waals surface area contributed by atoms with Gasteiger partial charge < -0.3 is 15.6 Å². The van der Waals surface area contributed by atoms with Crippen LogP contribution in [0.15, 0.2) is 42.5 Å². The molecule has 0 saturated heterocycles. The molecular formula is C14H12ClNO3. The van der Waals surface area contributed by atoms with Crippen molar-refractivity contribution in [3.05, 3.63) is 58.6 Å². The minimum Gasteiger partial charge on any atom is -0.508 e. The lowest BCUT2D eigenvalue weighted by Crippen LogP contribution is -2.08. The van der Waals surface area contributed by atoms with Crippen molar-refractivity contribution in [2.45, 2.75) is 6.61 Å². The average molecular weight is 278 g/mol. The molecule has 0 aliphatic carbocycles. The van der Waals surface area contributed by atoms with Crippen LogP contribution in [-0.2, 0) is 11.3 Å². The van der Waals surface area contributed by atoms with Crippen molar-refractivity contribution in [2.24, 2.45) is 0 Å². The summed E-state index contributed by atoms with van der Waals surface area (Å²) < 4.78 is 5.12. The number of rotatable bonds is 3. The number of hydrogen-bond donors (Lipinski definition) is 2. The Labute approximate surface area is 115 Å². The predicted molar refractivity (Wildman–Crippen MR) is 73.1 cm³/mol. The number of nitrogen functional groups attached to an aromatic ring is 1. The predicted octanol–water partition coefficient (Wildman–Crippen LogP) is 2.98. The smallest absolute Gasteiger partial charge is 0.340 e. The van der Waals surface area contributed by atoms with Crippen LogP contribution in [0.25, 0.3) is 0 Å². The van der Waals surface area contributed by atoms with Crippen LogP contribution in [0.5, 0.6) is 5.75 Å². The van der Waals surface area contributed by atoms with Gasteiger partial charge in [0.25, 0.3) is 0 Å². The van der Waals surface area contributed by atoms with Crippen molar-refractivity contribution in [3.8, 4) is 5.75 Å². The molecule has 4 nitrogen and oxygen atoms in total. The summed E-state index contributed by atoms with van der Waals surface area (Å²) in [6.07, 6.45) is 0. The number of anilines is 1. The van der Waals surface area contributed by atoms with E-state index in [0.717, 1.165) is 0 Å². The Kier molecular flexibility index (Phi) is 3.92. The van der Waals surface area contributed by atoms with Crippen LogP contribution >= 0.6 is 11.6 Å². The maximum atomic E-state index is 11.8. The lowest BCUT2D eigenvalue weighted by atomic mass is 10.1. The van der Waals surface area contributed by atoms with Gasteiger partial charge in [-0.15, -0.1) is 0 Å². The maximum Gasteiger partial charge on any atom is 0.340 e. The second kappa shape index (κ2) is 5.63. The lowest BCUT2D eigenvalue weighted by Gasteiger charge is -2.08. The van der Waals surface area contributed by atoms with E-state index in [1.807, 2.05) is 0 Å². The number of aromatic hydroxyl groups is 1. The fourth-order valence-corrected chi connectivity index (χ4v) is 1.75. The highest BCUT2D eigenvalue weighted by atomic mass is 35.5. The summed E-state index contributed by atoms with van der Waals surface area (Å²) >= 11 is 5.95. The van der Waals surface area contributed by atoms with Gasteiger partial charge in [-0.2, -0.15) is 0 Å². The van der Waals surface area contributed by atoms with E-state index < -0.39 is 5.97 Å². The van der Waals surface area contributed by atoms with E-state index in [1.54, 1.807) is 24.3 Å². The SMILES string of the molecule is Nc1ccc(O)cc1C(=O)OCc1ccccc1Cl. The van der Waals surface area contributed by atoms with E-state index in [9.17, 15) is 9.90 Å². The summed E-state index contributed by atoms with van der Waals surface area (Å²) in [5, 5.41) is 9.86. The molecule has 5 heteroatoms. The third-order valence-electron chi connectivity index (χ3n) is 2.57. The van der Waals surface area contributed by atoms with Crippen LogP contribution in [0.3, 0.4) is 0 Å². The molecule has 0 aromatic heterocycles. The monoisotopic (exact) mass is 277 g/mol. The van der Waals surface area contributed by atoms with Crippen molar-refractivity contribution in [3.63, 3.8) is 0 Å². The molecule has 0 heterocycles. The zero-order valence-electron chi connectivity index (χ0n) is 9.97. The van der Waals surface area contributed by atoms with Gasteiger partial charge in [-0.25, -0.2) is 4.79 Å². The van der Waals surface area contributed by atoms with E-state index in [-0.39, 0.29) is 23.6 Å². The number of nitrogens with two attached hydrogens (primary N) is 1. The number of phenolic OH excluding ortho intramolecular Hbond substituents is 1. The standard InChI is InChI=1S/C14H12ClNO3/c15-12-4-2-1-3-9(12)8-19-14(18)11-7-10(17)5-6-13(11)16/h1-7,17H,8,16H2. The number of ether oxygens (including phenoxy) is 1. The molecule has 2 rings (SSSR count). The van der Waals surface area contributed by atoms with Crippen LogP contribution in [0, 0.1) is 0 Å². The molecule has 2 aromatic rings. The van der Waals surface area contributed by atoms with Crippen LogP contribution < -0.4 is 5.73 Å². The number of benzene rings is 2. The fourth-order valence-electron chi connectivity index (χ4n) is 1.56. The first-order chi connectivity index (χ1) is 9.08. The molecule has 0 atom stereocenters. The van der Waals surface area contributed by atoms with E-state index >= 15 is 0 Å². The first-order valence-electron chi connectivity index (χ1n) is 5.57. The van der Waals surface area contributed by atoms with Gasteiger partial charge >= 0.3 is 5.97 Å². The number of hydrogen-bond acceptors (Lipinski definition) is 4. The number of esters is 1. The van der Waals surface area contributed by atoms with Gasteiger partial charge in [0.15, 0.2) is 0 Å². The molecule has 0 aliphatic rings. The van der Waals surface area contributed by atoms with Gasteiger partial charge in [-0.05, 0) is 24.3 Å². The van der Waals surface area contributed by atoms with Crippen molar-refractivity contribution >= 4 is 23.3 Å². The topological polar surface area (TPSA) is 72.5 Å². The van der Waals surface area contributed by atoms with Gasteiger partial charge in [-0.3, -0.25) is 0 Å². The third-order valence-corrected chi connectivity index (χ3v) is 2.94. The molecule has 3 N–H and O–H groups in total. The van der Waals surface area contributed by atoms with Crippen molar-refractivity contribution < 1.29 is 14.6 Å². The molecule has 0 radical (unpaired) electrons. The van der Waals surface area contributed by atoms with E-state index in [1.165, 1.54) is 18.2 Å². The van der Waals surface area contributed by atoms with Crippen LogP contribution in [0.2, 0.25) is 5.02 Å². The Bertz CT molecular complexity index is 613. The Morgan fingerprint density at radius 2 is 2.00 bits per heavy atom. The van der Waals surface area contributed by atoms with Crippen LogP contribution in [0.1, 0.15) is 15.9 Å². The number of carbonyl (C=O) groups is 1. The van der Waals surface area contributed by atoms with E-state index in [4.69, 9.17) is 22.1 Å². The Balaban J connectivity index is 2.10. The van der Waals surface area contributed by atoms with Gasteiger partial charge in [0.1, 0.15) is 12.4 Å². The highest BCUT2D eigenvalue weighted by Gasteiger charge is 2.12. The largest absolute Gasteiger partial charge is 0.508 e. The number of phenols is 1. The Hall–Kier alpha value is -2.20. The molecule has 0 amide bonds. The average Bonchev–Trinajstić information content (AvgIpc) is 2.40. The molecule has 0 fully saturated rings. The van der Waals surface area contributed by atoms with Gasteiger partial charge in [0.2, 0.25) is 0 Å². The zero-order chi connectivity index (χ0) is 13.8. The highest BCUT2D eigenvalue weighted by Crippen LogP contribution is 2.21. The van der Waals surface area contributed by atoms with Gasteiger partial charge in [-0.1, -0.05) is 29.8 Å². The molecule has 0 aliphatic heterocycles. The first kappa shape index (κ1) is 13.2. The summed E-state index contributed by atoms with van der Waals surface area (Å²) in [5.41, 5.74) is 6.74. The summed E-state index contributed by atoms with van der Waals surface area (Å²) in [5.74, 6) is -0.646. The highest BCUT2D eigenvalue weighted by molar-refractivity contribution is 6.31. The van der Waals surface area contributed by atoms with Gasteiger partial charge in [0, 0.05) is 16.3 Å². The minimum atomic E-state index is -0.603. The second-order valence-corrected chi connectivity index (χ2v) is 4.35. The molecule has 0 saturated carbocycles. The zero-order valence-corrected chi connectivity index (χ0v) is 10.7. The summed E-state index contributed by atoms with van der Waals surface area (Å²) in [6, 6.07) is 11.2. The third kappa shape index (κ3) is 3.17. The number of carbonyl (C=O) groups excluding carboxylic acids is 1. The summed E-state index contributed by atoms with van der Waals surface area (Å²) in [7, 11) is 0. The molecule has 0 spiro atoms. The molecule has 2 aromatic carbocycles. The first-order valence-corrected chi connectivity index (χ1v) is 5.95. The van der Waals surface area contributed by atoms with Gasteiger partial charge in [0.05, 0.1) is 5.56 Å². The lowest BCUT2D eigenvalue weighted by molar-refractivity contribution is 0.0473. The van der Waals surface area contributed by atoms with Crippen molar-refractivity contribution in [1.82, 2.24) is 0 Å². The molecule has 0 unspecified atom stereocenters. The van der Waals surface area contributed by atoms with Crippen molar-refractivity contribution in [2.75, 3.05) is 5.73 Å². The second-order valence-electron chi connectivity index (χ2n) is 3.94.